The van der Waals surface area contributed by atoms with Crippen LogP contribution in [0.5, 0.6) is 0 Å². The van der Waals surface area contributed by atoms with E-state index in [0.717, 1.165) is 12.8 Å². The molecule has 0 heterocycles. The Morgan fingerprint density at radius 3 is 2.50 bits per heavy atom. The molecule has 3 N–H and O–H groups in total. The number of hydrogen-bond acceptors (Lipinski definition) is 3. The van der Waals surface area contributed by atoms with E-state index in [1.807, 2.05) is 0 Å². The van der Waals surface area contributed by atoms with Crippen molar-refractivity contribution in [1.29, 1.82) is 0 Å². The number of alkyl carbamates (subject to hydrolysis) is 1. The highest BCUT2D eigenvalue weighted by Gasteiger charge is 2.21. The van der Waals surface area contributed by atoms with Crippen molar-refractivity contribution in [2.45, 2.75) is 16.6 Å². The molecule has 0 fully saturated rings. The summed E-state index contributed by atoms with van der Waals surface area (Å²) in [6.45, 7) is 0.848. The third-order valence-electron chi connectivity index (χ3n) is 1.27. The Morgan fingerprint density at radius 2 is 2.00 bits per heavy atom. The van der Waals surface area contributed by atoms with Crippen molar-refractivity contribution in [3.05, 3.63) is 0 Å². The van der Waals surface area contributed by atoms with Gasteiger partial charge in [0.2, 0.25) is 3.79 Å². The number of nitrogens with two attached hydrogens (primary N) is 1. The molecule has 0 rings (SSSR count). The highest BCUT2D eigenvalue weighted by Crippen LogP contribution is 2.25. The third-order valence-corrected chi connectivity index (χ3v) is 1.59. The second kappa shape index (κ2) is 7.40. The summed E-state index contributed by atoms with van der Waals surface area (Å²) in [7, 11) is 0. The van der Waals surface area contributed by atoms with Crippen LogP contribution in [-0.4, -0.2) is 29.6 Å². The minimum Gasteiger partial charge on any atom is -0.445 e. The number of alkyl halides is 3. The Bertz CT molecular complexity index is 173. The third kappa shape index (κ3) is 10.2. The topological polar surface area (TPSA) is 64.3 Å². The molecule has 0 spiro atoms. The number of amides is 1. The molecule has 0 saturated carbocycles. The first-order chi connectivity index (χ1) is 6.45. The van der Waals surface area contributed by atoms with Crippen LogP contribution in [0, 0.1) is 0 Å². The van der Waals surface area contributed by atoms with Crippen molar-refractivity contribution in [3.63, 3.8) is 0 Å². The Kier molecular flexibility index (Phi) is 7.45. The summed E-state index contributed by atoms with van der Waals surface area (Å²) >= 11 is 16.1. The van der Waals surface area contributed by atoms with Crippen molar-refractivity contribution >= 4 is 40.9 Å². The maximum atomic E-state index is 10.9. The number of hydrogen-bond donors (Lipinski definition) is 2. The van der Waals surface area contributed by atoms with E-state index < -0.39 is 9.89 Å². The summed E-state index contributed by atoms with van der Waals surface area (Å²) in [4.78, 5) is 10.9. The number of halogens is 3. The molecule has 0 unspecified atom stereocenters. The van der Waals surface area contributed by atoms with Crippen LogP contribution in [0.15, 0.2) is 0 Å². The van der Waals surface area contributed by atoms with Gasteiger partial charge < -0.3 is 15.8 Å². The second-order valence-corrected chi connectivity index (χ2v) is 5.13. The lowest BCUT2D eigenvalue weighted by molar-refractivity contribution is 0.148. The predicted octanol–water partition coefficient (Wildman–Crippen LogP) is 1.82. The molecule has 0 saturated heterocycles. The van der Waals surface area contributed by atoms with E-state index in [1.165, 1.54) is 0 Å². The number of ether oxygens (including phenoxy) is 1. The van der Waals surface area contributed by atoms with Crippen LogP contribution < -0.4 is 11.1 Å². The van der Waals surface area contributed by atoms with Gasteiger partial charge in [0, 0.05) is 6.54 Å². The van der Waals surface area contributed by atoms with Crippen LogP contribution in [0.3, 0.4) is 0 Å². The fourth-order valence-electron chi connectivity index (χ4n) is 0.658. The second-order valence-electron chi connectivity index (χ2n) is 2.61. The maximum Gasteiger partial charge on any atom is 0.407 e. The van der Waals surface area contributed by atoms with E-state index >= 15 is 0 Å². The van der Waals surface area contributed by atoms with Crippen LogP contribution >= 0.6 is 34.8 Å². The van der Waals surface area contributed by atoms with Crippen LogP contribution in [0.25, 0.3) is 0 Å². The SMILES string of the molecule is NCCCCNC(=O)OCC(Cl)(Cl)Cl. The van der Waals surface area contributed by atoms with Crippen LogP contribution in [0.4, 0.5) is 4.79 Å². The quantitative estimate of drug-likeness (QED) is 0.587. The Balaban J connectivity index is 3.38. The van der Waals surface area contributed by atoms with Gasteiger partial charge in [-0.1, -0.05) is 34.8 Å². The smallest absolute Gasteiger partial charge is 0.407 e. The zero-order valence-corrected chi connectivity index (χ0v) is 9.83. The van der Waals surface area contributed by atoms with Gasteiger partial charge in [-0.05, 0) is 19.4 Å². The predicted molar refractivity (Wildman–Crippen MR) is 57.9 cm³/mol. The Hall–Kier alpha value is 0.1000. The molecule has 14 heavy (non-hydrogen) atoms. The summed E-state index contributed by atoms with van der Waals surface area (Å²) in [5.41, 5.74) is 5.26. The van der Waals surface area contributed by atoms with E-state index in [4.69, 9.17) is 40.5 Å². The van der Waals surface area contributed by atoms with Gasteiger partial charge >= 0.3 is 6.09 Å². The van der Waals surface area contributed by atoms with Crippen molar-refractivity contribution in [1.82, 2.24) is 5.32 Å². The zero-order valence-electron chi connectivity index (χ0n) is 7.56. The minimum absolute atomic E-state index is 0.264. The first-order valence-electron chi connectivity index (χ1n) is 4.13. The van der Waals surface area contributed by atoms with Crippen molar-refractivity contribution in [3.8, 4) is 0 Å². The molecule has 0 aliphatic rings. The molecule has 84 valence electrons. The standard InChI is InChI=1S/C7H13Cl3N2O2/c8-7(9,10)5-14-6(13)12-4-2-1-3-11/h1-5,11H2,(H,12,13). The van der Waals surface area contributed by atoms with E-state index in [2.05, 4.69) is 10.1 Å². The molecule has 1 amide bonds. The minimum atomic E-state index is -1.56. The number of unbranched alkanes of at least 4 members (excludes halogenated alkanes) is 1. The normalized spacial score (nSPS) is 11.1. The number of nitrogens with one attached hydrogen (secondary N) is 1. The highest BCUT2D eigenvalue weighted by molar-refractivity contribution is 6.67. The number of carbonyl (C=O) groups is 1. The summed E-state index contributed by atoms with van der Waals surface area (Å²) < 4.78 is 3.05. The van der Waals surface area contributed by atoms with Gasteiger partial charge in [-0.25, -0.2) is 4.79 Å². The molecule has 4 nitrogen and oxygen atoms in total. The van der Waals surface area contributed by atoms with Gasteiger partial charge in [-0.3, -0.25) is 0 Å². The molecule has 0 aromatic rings. The first kappa shape index (κ1) is 14.1. The van der Waals surface area contributed by atoms with Crippen molar-refractivity contribution in [2.75, 3.05) is 19.7 Å². The summed E-state index contributed by atoms with van der Waals surface area (Å²) in [6.07, 6.45) is 1.07. The Labute approximate surface area is 98.0 Å². The van der Waals surface area contributed by atoms with Crippen molar-refractivity contribution < 1.29 is 9.53 Å². The van der Waals surface area contributed by atoms with Gasteiger partial charge in [-0.15, -0.1) is 0 Å². The molecule has 0 radical (unpaired) electrons. The molecular formula is C7H13Cl3N2O2. The maximum absolute atomic E-state index is 10.9. The monoisotopic (exact) mass is 262 g/mol. The van der Waals surface area contributed by atoms with Gasteiger partial charge in [0.05, 0.1) is 0 Å². The molecule has 0 atom stereocenters. The summed E-state index contributed by atoms with van der Waals surface area (Å²) in [6, 6.07) is 0. The van der Waals surface area contributed by atoms with E-state index in [0.29, 0.717) is 13.1 Å². The lowest BCUT2D eigenvalue weighted by atomic mass is 10.3. The molecule has 0 aliphatic heterocycles. The molecular weight excluding hydrogens is 250 g/mol. The summed E-state index contributed by atoms with van der Waals surface area (Å²) in [5.74, 6) is 0. The molecule has 0 bridgehead atoms. The molecule has 0 aliphatic carbocycles. The average Bonchev–Trinajstić information content (AvgIpc) is 2.08. The molecule has 0 aromatic carbocycles. The van der Waals surface area contributed by atoms with Gasteiger partial charge in [0.15, 0.2) is 0 Å². The molecule has 7 heteroatoms. The zero-order chi connectivity index (χ0) is 11.0. The van der Waals surface area contributed by atoms with Crippen molar-refractivity contribution in [2.24, 2.45) is 5.73 Å². The van der Waals surface area contributed by atoms with Crippen LogP contribution in [-0.2, 0) is 4.74 Å². The lowest BCUT2D eigenvalue weighted by Crippen LogP contribution is -2.28. The highest BCUT2D eigenvalue weighted by atomic mass is 35.6. The average molecular weight is 264 g/mol. The van der Waals surface area contributed by atoms with Crippen LogP contribution in [0.1, 0.15) is 12.8 Å². The largest absolute Gasteiger partial charge is 0.445 e. The van der Waals surface area contributed by atoms with E-state index in [9.17, 15) is 4.79 Å². The fourth-order valence-corrected chi connectivity index (χ4v) is 0.822. The van der Waals surface area contributed by atoms with Gasteiger partial charge in [0.1, 0.15) is 6.61 Å². The van der Waals surface area contributed by atoms with Gasteiger partial charge in [0.25, 0.3) is 0 Å². The Morgan fingerprint density at radius 1 is 1.36 bits per heavy atom. The fraction of sp³-hybridized carbons (Fsp3) is 0.857. The van der Waals surface area contributed by atoms with Crippen LogP contribution in [0.2, 0.25) is 0 Å². The first-order valence-corrected chi connectivity index (χ1v) is 5.26. The molecule has 0 aromatic heterocycles. The lowest BCUT2D eigenvalue weighted by Gasteiger charge is -2.11. The van der Waals surface area contributed by atoms with E-state index in [1.54, 1.807) is 0 Å². The van der Waals surface area contributed by atoms with Gasteiger partial charge in [-0.2, -0.15) is 0 Å². The summed E-state index contributed by atoms with van der Waals surface area (Å²) in [5, 5.41) is 2.50. The number of rotatable bonds is 5. The van der Waals surface area contributed by atoms with E-state index in [-0.39, 0.29) is 6.61 Å². The number of carbonyl (C=O) groups excluding carboxylic acids is 1.